The molecule has 0 atom stereocenters. The lowest BCUT2D eigenvalue weighted by atomic mass is 10.1. The van der Waals surface area contributed by atoms with Crippen LogP contribution >= 0.6 is 0 Å². The number of nitrogens with one attached hydrogen (secondary N) is 2. The molecule has 0 fully saturated rings. The van der Waals surface area contributed by atoms with Crippen LogP contribution in [0, 0.1) is 0 Å². The van der Waals surface area contributed by atoms with Gasteiger partial charge in [-0.3, -0.25) is 9.78 Å². The van der Waals surface area contributed by atoms with Crippen LogP contribution in [0.3, 0.4) is 0 Å². The first kappa shape index (κ1) is 19.4. The van der Waals surface area contributed by atoms with Gasteiger partial charge in [-0.1, -0.05) is 12.1 Å². The highest BCUT2D eigenvalue weighted by Gasteiger charge is 2.14. The van der Waals surface area contributed by atoms with Crippen molar-refractivity contribution in [1.82, 2.24) is 9.88 Å². The van der Waals surface area contributed by atoms with Gasteiger partial charge in [0.15, 0.2) is 0 Å². The summed E-state index contributed by atoms with van der Waals surface area (Å²) in [6, 6.07) is 8.44. The molecule has 1 aromatic carbocycles. The summed E-state index contributed by atoms with van der Waals surface area (Å²) in [6.07, 6.45) is 4.14. The van der Waals surface area contributed by atoms with Gasteiger partial charge in [-0.2, -0.15) is 0 Å². The van der Waals surface area contributed by atoms with Gasteiger partial charge in [-0.05, 0) is 45.3 Å². The SMILES string of the molecule is COC(=O)c1ccccc1NC(=O)c1cncc(NCCCN(C)C)c1. The Hall–Kier alpha value is -2.93. The first-order valence-electron chi connectivity index (χ1n) is 8.33. The molecule has 7 heteroatoms. The van der Waals surface area contributed by atoms with Crippen LogP contribution in [0.4, 0.5) is 11.4 Å². The first-order valence-corrected chi connectivity index (χ1v) is 8.33. The number of esters is 1. The zero-order valence-electron chi connectivity index (χ0n) is 15.3. The topological polar surface area (TPSA) is 83.6 Å². The van der Waals surface area contributed by atoms with Crippen LogP contribution < -0.4 is 10.6 Å². The number of methoxy groups -OCH3 is 1. The zero-order chi connectivity index (χ0) is 18.9. The minimum absolute atomic E-state index is 0.300. The van der Waals surface area contributed by atoms with Crippen LogP contribution in [-0.2, 0) is 4.74 Å². The molecule has 0 saturated heterocycles. The number of carbonyl (C=O) groups excluding carboxylic acids is 2. The molecule has 2 aromatic rings. The van der Waals surface area contributed by atoms with Gasteiger partial charge in [0.1, 0.15) is 0 Å². The van der Waals surface area contributed by atoms with E-state index in [9.17, 15) is 9.59 Å². The maximum atomic E-state index is 12.5. The number of carbonyl (C=O) groups is 2. The number of benzene rings is 1. The first-order chi connectivity index (χ1) is 12.5. The van der Waals surface area contributed by atoms with E-state index in [1.54, 1.807) is 36.5 Å². The Balaban J connectivity index is 2.04. The van der Waals surface area contributed by atoms with E-state index in [1.165, 1.54) is 13.3 Å². The number of ether oxygens (including phenoxy) is 1. The van der Waals surface area contributed by atoms with Gasteiger partial charge in [0.25, 0.3) is 5.91 Å². The van der Waals surface area contributed by atoms with Gasteiger partial charge in [0.2, 0.25) is 0 Å². The van der Waals surface area contributed by atoms with E-state index in [2.05, 4.69) is 20.5 Å². The fraction of sp³-hybridized carbons (Fsp3) is 0.316. The summed E-state index contributed by atoms with van der Waals surface area (Å²) in [5.41, 5.74) is 1.88. The van der Waals surface area contributed by atoms with Crippen molar-refractivity contribution >= 4 is 23.3 Å². The third-order valence-electron chi connectivity index (χ3n) is 3.69. The number of anilines is 2. The molecule has 138 valence electrons. The lowest BCUT2D eigenvalue weighted by Crippen LogP contribution is -2.17. The number of amides is 1. The van der Waals surface area contributed by atoms with Crippen molar-refractivity contribution < 1.29 is 14.3 Å². The van der Waals surface area contributed by atoms with Crippen molar-refractivity contribution in [3.63, 3.8) is 0 Å². The van der Waals surface area contributed by atoms with E-state index >= 15 is 0 Å². The Kier molecular flexibility index (Phi) is 7.11. The number of pyridine rings is 1. The summed E-state index contributed by atoms with van der Waals surface area (Å²) in [5, 5.41) is 5.99. The monoisotopic (exact) mass is 356 g/mol. The smallest absolute Gasteiger partial charge is 0.339 e. The average molecular weight is 356 g/mol. The fourth-order valence-electron chi connectivity index (χ4n) is 2.36. The average Bonchev–Trinajstić information content (AvgIpc) is 2.65. The van der Waals surface area contributed by atoms with Gasteiger partial charge in [-0.15, -0.1) is 0 Å². The number of hydrogen-bond acceptors (Lipinski definition) is 6. The van der Waals surface area contributed by atoms with Crippen molar-refractivity contribution in [2.75, 3.05) is 44.9 Å². The van der Waals surface area contributed by atoms with Gasteiger partial charge < -0.3 is 20.3 Å². The molecule has 1 aromatic heterocycles. The summed E-state index contributed by atoms with van der Waals surface area (Å²) in [7, 11) is 5.35. The van der Waals surface area contributed by atoms with Crippen LogP contribution in [0.1, 0.15) is 27.1 Å². The van der Waals surface area contributed by atoms with E-state index in [4.69, 9.17) is 4.74 Å². The summed E-state index contributed by atoms with van der Waals surface area (Å²) < 4.78 is 4.74. The van der Waals surface area contributed by atoms with Crippen molar-refractivity contribution in [3.05, 3.63) is 53.9 Å². The van der Waals surface area contributed by atoms with Gasteiger partial charge >= 0.3 is 5.97 Å². The fourth-order valence-corrected chi connectivity index (χ4v) is 2.36. The second kappa shape index (κ2) is 9.53. The quantitative estimate of drug-likeness (QED) is 0.558. The number of para-hydroxylation sites is 1. The van der Waals surface area contributed by atoms with Gasteiger partial charge in [0.05, 0.1) is 29.6 Å². The molecular formula is C19H24N4O3. The number of nitrogens with zero attached hydrogens (tertiary/aromatic N) is 2. The summed E-state index contributed by atoms with van der Waals surface area (Å²) in [5.74, 6) is -0.846. The number of rotatable bonds is 8. The maximum absolute atomic E-state index is 12.5. The predicted octanol–water partition coefficient (Wildman–Crippen LogP) is 2.48. The number of hydrogen-bond donors (Lipinski definition) is 2. The minimum Gasteiger partial charge on any atom is -0.465 e. The van der Waals surface area contributed by atoms with Crippen LogP contribution in [0.2, 0.25) is 0 Å². The normalized spacial score (nSPS) is 10.5. The molecule has 0 aliphatic heterocycles. The molecule has 0 bridgehead atoms. The number of aromatic nitrogens is 1. The minimum atomic E-state index is -0.504. The third kappa shape index (κ3) is 5.56. The maximum Gasteiger partial charge on any atom is 0.339 e. The van der Waals surface area contributed by atoms with E-state index in [1.807, 2.05) is 14.1 Å². The van der Waals surface area contributed by atoms with Crippen molar-refractivity contribution in [3.8, 4) is 0 Å². The predicted molar refractivity (Wildman–Crippen MR) is 102 cm³/mol. The third-order valence-corrected chi connectivity index (χ3v) is 3.69. The lowest BCUT2D eigenvalue weighted by Gasteiger charge is -2.12. The van der Waals surface area contributed by atoms with E-state index in [0.717, 1.165) is 25.2 Å². The molecule has 0 radical (unpaired) electrons. The van der Waals surface area contributed by atoms with Crippen LogP contribution in [0.5, 0.6) is 0 Å². The second-order valence-corrected chi connectivity index (χ2v) is 6.04. The standard InChI is InChI=1S/C19H24N4O3/c1-23(2)10-6-9-21-15-11-14(12-20-13-15)18(24)22-17-8-5-4-7-16(17)19(25)26-3/h4-5,7-8,11-13,21H,6,9-10H2,1-3H3,(H,22,24). The van der Waals surface area contributed by atoms with Crippen molar-refractivity contribution in [1.29, 1.82) is 0 Å². The van der Waals surface area contributed by atoms with Crippen molar-refractivity contribution in [2.24, 2.45) is 0 Å². The Labute approximate surface area is 153 Å². The van der Waals surface area contributed by atoms with Crippen molar-refractivity contribution in [2.45, 2.75) is 6.42 Å². The molecule has 0 spiro atoms. The van der Waals surface area contributed by atoms with Gasteiger partial charge in [-0.25, -0.2) is 4.79 Å². The molecule has 7 nitrogen and oxygen atoms in total. The second-order valence-electron chi connectivity index (χ2n) is 6.04. The molecule has 1 amide bonds. The summed E-state index contributed by atoms with van der Waals surface area (Å²) in [6.45, 7) is 1.76. The van der Waals surface area contributed by atoms with E-state index in [0.29, 0.717) is 16.8 Å². The molecule has 2 N–H and O–H groups in total. The Morgan fingerprint density at radius 3 is 2.69 bits per heavy atom. The Bertz CT molecular complexity index is 762. The molecule has 0 aliphatic carbocycles. The van der Waals surface area contributed by atoms with Crippen LogP contribution in [0.15, 0.2) is 42.7 Å². The van der Waals surface area contributed by atoms with Crippen LogP contribution in [0.25, 0.3) is 0 Å². The van der Waals surface area contributed by atoms with Crippen LogP contribution in [-0.4, -0.2) is 56.1 Å². The largest absolute Gasteiger partial charge is 0.465 e. The Morgan fingerprint density at radius 1 is 1.19 bits per heavy atom. The molecule has 0 aliphatic rings. The van der Waals surface area contributed by atoms with Gasteiger partial charge in [0, 0.05) is 18.9 Å². The molecule has 1 heterocycles. The highest BCUT2D eigenvalue weighted by Crippen LogP contribution is 2.18. The highest BCUT2D eigenvalue weighted by molar-refractivity contribution is 6.08. The van der Waals surface area contributed by atoms with E-state index in [-0.39, 0.29) is 5.91 Å². The molecule has 0 unspecified atom stereocenters. The highest BCUT2D eigenvalue weighted by atomic mass is 16.5. The molecule has 0 saturated carbocycles. The summed E-state index contributed by atoms with van der Waals surface area (Å²) >= 11 is 0. The molecular weight excluding hydrogens is 332 g/mol. The lowest BCUT2D eigenvalue weighted by molar-refractivity contribution is 0.0602. The zero-order valence-corrected chi connectivity index (χ0v) is 15.3. The van der Waals surface area contributed by atoms with E-state index < -0.39 is 5.97 Å². The summed E-state index contributed by atoms with van der Waals surface area (Å²) in [4.78, 5) is 30.5. The Morgan fingerprint density at radius 2 is 1.96 bits per heavy atom. The molecule has 26 heavy (non-hydrogen) atoms. The molecule has 2 rings (SSSR count).